The van der Waals surface area contributed by atoms with Gasteiger partial charge in [0.25, 0.3) is 5.91 Å². The number of carbonyl (C=O) groups is 1. The first-order chi connectivity index (χ1) is 17.4. The van der Waals surface area contributed by atoms with Crippen LogP contribution in [0.15, 0.2) is 109 Å². The molecule has 0 aromatic heterocycles. The number of benzene rings is 4. The zero-order valence-corrected chi connectivity index (χ0v) is 20.5. The number of nitrogens with one attached hydrogen (secondary N) is 1. The number of sulfonamides is 1. The molecular weight excluding hydrogens is 476 g/mol. The molecule has 0 aliphatic carbocycles. The van der Waals surface area contributed by atoms with Crippen molar-refractivity contribution in [2.45, 2.75) is 6.54 Å². The summed E-state index contributed by atoms with van der Waals surface area (Å²) in [6.45, 7) is -0.00836. The fourth-order valence-electron chi connectivity index (χ4n) is 3.47. The Kier molecular flexibility index (Phi) is 7.87. The van der Waals surface area contributed by atoms with Gasteiger partial charge in [0.1, 0.15) is 11.5 Å². The molecule has 0 bridgehead atoms. The van der Waals surface area contributed by atoms with Crippen molar-refractivity contribution in [2.75, 3.05) is 22.5 Å². The van der Waals surface area contributed by atoms with Crippen LogP contribution in [0, 0.1) is 0 Å². The average molecular weight is 503 g/mol. The van der Waals surface area contributed by atoms with E-state index in [4.69, 9.17) is 9.47 Å². The largest absolute Gasteiger partial charge is 0.484 e. The number of hydrogen-bond acceptors (Lipinski definition) is 5. The van der Waals surface area contributed by atoms with E-state index in [1.165, 1.54) is 10.6 Å². The van der Waals surface area contributed by atoms with Gasteiger partial charge in [0, 0.05) is 0 Å². The molecule has 4 aromatic carbocycles. The lowest BCUT2D eigenvalue weighted by molar-refractivity contribution is -0.118. The Morgan fingerprint density at radius 2 is 1.39 bits per heavy atom. The second kappa shape index (κ2) is 11.4. The van der Waals surface area contributed by atoms with E-state index in [9.17, 15) is 13.2 Å². The summed E-state index contributed by atoms with van der Waals surface area (Å²) in [4.78, 5) is 12.5. The lowest BCUT2D eigenvalue weighted by Crippen LogP contribution is -2.29. The van der Waals surface area contributed by atoms with Crippen LogP contribution in [0.2, 0.25) is 0 Å². The summed E-state index contributed by atoms with van der Waals surface area (Å²) in [5.41, 5.74) is 1.90. The smallest absolute Gasteiger partial charge is 0.262 e. The van der Waals surface area contributed by atoms with Gasteiger partial charge in [-0.1, -0.05) is 60.7 Å². The second-order valence-electron chi connectivity index (χ2n) is 8.00. The topological polar surface area (TPSA) is 84.9 Å². The third kappa shape index (κ3) is 6.86. The molecule has 8 heteroatoms. The van der Waals surface area contributed by atoms with Gasteiger partial charge in [-0.3, -0.25) is 9.10 Å². The van der Waals surface area contributed by atoms with Crippen molar-refractivity contribution in [1.29, 1.82) is 0 Å². The van der Waals surface area contributed by atoms with Crippen molar-refractivity contribution in [3.63, 3.8) is 0 Å². The molecule has 1 N–H and O–H groups in total. The molecule has 0 radical (unpaired) electrons. The maximum absolute atomic E-state index is 12.5. The quantitative estimate of drug-likeness (QED) is 0.311. The highest BCUT2D eigenvalue weighted by Gasteiger charge is 2.18. The summed E-state index contributed by atoms with van der Waals surface area (Å²) in [6.07, 6.45) is 1.17. The van der Waals surface area contributed by atoms with E-state index >= 15 is 0 Å². The third-order valence-electron chi connectivity index (χ3n) is 5.20. The fourth-order valence-corrected chi connectivity index (χ4v) is 4.36. The molecule has 0 aliphatic rings. The Morgan fingerprint density at radius 3 is 2.06 bits per heavy atom. The first kappa shape index (κ1) is 24.8. The molecule has 184 valence electrons. The zero-order valence-electron chi connectivity index (χ0n) is 19.7. The number of anilines is 2. The van der Waals surface area contributed by atoms with E-state index in [0.717, 1.165) is 5.56 Å². The Morgan fingerprint density at radius 1 is 0.778 bits per heavy atom. The van der Waals surface area contributed by atoms with Gasteiger partial charge in [0.15, 0.2) is 12.4 Å². The molecule has 1 amide bonds. The maximum Gasteiger partial charge on any atom is 0.262 e. The van der Waals surface area contributed by atoms with Crippen molar-refractivity contribution < 1.29 is 22.7 Å². The summed E-state index contributed by atoms with van der Waals surface area (Å²) in [5, 5.41) is 2.80. The van der Waals surface area contributed by atoms with Gasteiger partial charge in [-0.15, -0.1) is 0 Å². The van der Waals surface area contributed by atoms with Crippen molar-refractivity contribution in [3.05, 3.63) is 115 Å². The van der Waals surface area contributed by atoms with Crippen molar-refractivity contribution in [2.24, 2.45) is 0 Å². The summed E-state index contributed by atoms with van der Waals surface area (Å²) in [5.74, 6) is 1.26. The number of ether oxygens (including phenoxy) is 2. The third-order valence-corrected chi connectivity index (χ3v) is 6.34. The zero-order chi connectivity index (χ0) is 25.4. The maximum atomic E-state index is 12.5. The monoisotopic (exact) mass is 502 g/mol. The summed E-state index contributed by atoms with van der Waals surface area (Å²) >= 11 is 0. The van der Waals surface area contributed by atoms with Crippen LogP contribution < -0.4 is 19.1 Å². The second-order valence-corrected chi connectivity index (χ2v) is 9.90. The molecule has 0 fully saturated rings. The lowest BCUT2D eigenvalue weighted by atomic mass is 10.2. The van der Waals surface area contributed by atoms with Gasteiger partial charge in [0.2, 0.25) is 10.0 Å². The number of carbonyl (C=O) groups excluding carboxylic acids is 1. The van der Waals surface area contributed by atoms with Crippen LogP contribution in [0.4, 0.5) is 11.4 Å². The lowest BCUT2D eigenvalue weighted by Gasteiger charge is -2.22. The fraction of sp³-hybridized carbons (Fsp3) is 0.107. The van der Waals surface area contributed by atoms with Crippen LogP contribution in [0.25, 0.3) is 0 Å². The van der Waals surface area contributed by atoms with Gasteiger partial charge >= 0.3 is 0 Å². The first-order valence-electron chi connectivity index (χ1n) is 11.2. The summed E-state index contributed by atoms with van der Waals surface area (Å²) in [7, 11) is -3.50. The average Bonchev–Trinajstić information content (AvgIpc) is 2.88. The van der Waals surface area contributed by atoms with Crippen LogP contribution in [-0.4, -0.2) is 27.2 Å². The van der Waals surface area contributed by atoms with Gasteiger partial charge < -0.3 is 14.8 Å². The van der Waals surface area contributed by atoms with Crippen LogP contribution in [0.5, 0.6) is 17.2 Å². The molecule has 4 rings (SSSR count). The molecule has 0 heterocycles. The Balaban J connectivity index is 1.37. The van der Waals surface area contributed by atoms with Gasteiger partial charge in [-0.25, -0.2) is 8.42 Å². The van der Waals surface area contributed by atoms with Crippen LogP contribution in [-0.2, 0) is 21.4 Å². The molecule has 36 heavy (non-hydrogen) atoms. The minimum Gasteiger partial charge on any atom is -0.484 e. The van der Waals surface area contributed by atoms with Gasteiger partial charge in [-0.05, 0) is 54.1 Å². The van der Waals surface area contributed by atoms with E-state index in [1.807, 2.05) is 66.7 Å². The molecule has 0 unspecified atom stereocenters. The predicted octanol–water partition coefficient (Wildman–Crippen LogP) is 5.46. The summed E-state index contributed by atoms with van der Waals surface area (Å²) < 4.78 is 37.6. The molecule has 4 aromatic rings. The highest BCUT2D eigenvalue weighted by Crippen LogP contribution is 2.29. The van der Waals surface area contributed by atoms with Crippen LogP contribution in [0.1, 0.15) is 5.56 Å². The number of hydrogen-bond donors (Lipinski definition) is 1. The van der Waals surface area contributed by atoms with Crippen molar-refractivity contribution >= 4 is 27.3 Å². The number of nitrogens with zero attached hydrogens (tertiary/aromatic N) is 1. The van der Waals surface area contributed by atoms with Gasteiger partial charge in [0.05, 0.1) is 24.2 Å². The Labute approximate surface area is 211 Å². The van der Waals surface area contributed by atoms with E-state index in [1.54, 1.807) is 42.5 Å². The Bertz CT molecular complexity index is 1390. The normalized spacial score (nSPS) is 10.9. The highest BCUT2D eigenvalue weighted by atomic mass is 32.2. The minimum absolute atomic E-state index is 0.215. The van der Waals surface area contributed by atoms with Crippen LogP contribution >= 0.6 is 0 Å². The molecule has 7 nitrogen and oxygen atoms in total. The van der Waals surface area contributed by atoms with Crippen molar-refractivity contribution in [1.82, 2.24) is 0 Å². The standard InChI is InChI=1S/C28H26N2O5S/c1-36(32,33)30(20-22-10-4-2-5-11-22)23-16-18-24(19-17-23)34-21-28(31)29-26-14-8-9-15-27(26)35-25-12-6-3-7-13-25/h2-19H,20-21H2,1H3,(H,29,31). The van der Waals surface area contributed by atoms with Gasteiger partial charge in [-0.2, -0.15) is 0 Å². The van der Waals surface area contributed by atoms with E-state index in [-0.39, 0.29) is 19.1 Å². The van der Waals surface area contributed by atoms with Crippen molar-refractivity contribution in [3.8, 4) is 17.2 Å². The van der Waals surface area contributed by atoms with E-state index in [0.29, 0.717) is 28.6 Å². The predicted molar refractivity (Wildman–Crippen MR) is 141 cm³/mol. The van der Waals surface area contributed by atoms with E-state index in [2.05, 4.69) is 5.32 Å². The molecule has 0 atom stereocenters. The van der Waals surface area contributed by atoms with E-state index < -0.39 is 10.0 Å². The highest BCUT2D eigenvalue weighted by molar-refractivity contribution is 7.92. The first-order valence-corrected chi connectivity index (χ1v) is 13.1. The number of para-hydroxylation sites is 3. The minimum atomic E-state index is -3.50. The molecule has 0 spiro atoms. The molecule has 0 saturated carbocycles. The number of amides is 1. The molecule has 0 aliphatic heterocycles. The Hall–Kier alpha value is -4.30. The SMILES string of the molecule is CS(=O)(=O)N(Cc1ccccc1)c1ccc(OCC(=O)Nc2ccccc2Oc2ccccc2)cc1. The number of rotatable bonds is 10. The summed E-state index contributed by atoms with van der Waals surface area (Å²) in [6, 6.07) is 32.4. The molecular formula is C28H26N2O5S. The van der Waals surface area contributed by atoms with Crippen LogP contribution in [0.3, 0.4) is 0 Å². The molecule has 0 saturated heterocycles.